The van der Waals surface area contributed by atoms with Crippen molar-refractivity contribution >= 4 is 12.6 Å². The summed E-state index contributed by atoms with van der Waals surface area (Å²) in [5.41, 5.74) is 0.577. The lowest BCUT2D eigenvalue weighted by Crippen LogP contribution is -2.48. The molecule has 2 aliphatic rings. The second-order valence-electron chi connectivity index (χ2n) is 5.98. The zero-order valence-corrected chi connectivity index (χ0v) is 11.7. The minimum atomic E-state index is 0.577. The fraction of sp³-hybridized carbons (Fsp3) is 1.00. The summed E-state index contributed by atoms with van der Waals surface area (Å²) in [6, 6.07) is 0.810. The van der Waals surface area contributed by atoms with Gasteiger partial charge in [0.25, 0.3) is 0 Å². The second kappa shape index (κ2) is 5.28. The Labute approximate surface area is 106 Å². The van der Waals surface area contributed by atoms with Crippen molar-refractivity contribution in [3.05, 3.63) is 0 Å². The summed E-state index contributed by atoms with van der Waals surface area (Å²) in [4.78, 5) is 5.06. The molecule has 16 heavy (non-hydrogen) atoms. The molecule has 1 aliphatic heterocycles. The maximum atomic E-state index is 4.55. The summed E-state index contributed by atoms with van der Waals surface area (Å²) in [6.45, 7) is 3.88. The van der Waals surface area contributed by atoms with Gasteiger partial charge < -0.3 is 9.80 Å². The Morgan fingerprint density at radius 2 is 1.88 bits per heavy atom. The lowest BCUT2D eigenvalue weighted by Gasteiger charge is -2.46. The molecular formula is C13H26N2S. The van der Waals surface area contributed by atoms with Gasteiger partial charge in [0.2, 0.25) is 0 Å². The fourth-order valence-corrected chi connectivity index (χ4v) is 3.53. The van der Waals surface area contributed by atoms with E-state index in [0.29, 0.717) is 5.41 Å². The Hall–Kier alpha value is 0.270. The molecule has 0 unspecified atom stereocenters. The molecule has 2 fully saturated rings. The van der Waals surface area contributed by atoms with Gasteiger partial charge in [-0.3, -0.25) is 0 Å². The molecule has 0 radical (unpaired) electrons. The molecule has 2 nitrogen and oxygen atoms in total. The van der Waals surface area contributed by atoms with Crippen LogP contribution in [0, 0.1) is 5.41 Å². The summed E-state index contributed by atoms with van der Waals surface area (Å²) in [7, 11) is 4.42. The number of piperidine rings is 1. The van der Waals surface area contributed by atoms with Crippen molar-refractivity contribution in [2.75, 3.05) is 39.5 Å². The summed E-state index contributed by atoms with van der Waals surface area (Å²) in [6.07, 6.45) is 6.92. The van der Waals surface area contributed by atoms with Crippen molar-refractivity contribution in [2.24, 2.45) is 5.41 Å². The largest absolute Gasteiger partial charge is 0.306 e. The van der Waals surface area contributed by atoms with Crippen molar-refractivity contribution in [2.45, 2.75) is 38.1 Å². The summed E-state index contributed by atoms with van der Waals surface area (Å²) >= 11 is 4.55. The third kappa shape index (κ3) is 2.74. The maximum Gasteiger partial charge on any atom is 0.0113 e. The highest BCUT2D eigenvalue weighted by atomic mass is 32.1. The second-order valence-corrected chi connectivity index (χ2v) is 6.30. The fourth-order valence-electron chi connectivity index (χ4n) is 3.11. The van der Waals surface area contributed by atoms with Crippen LogP contribution < -0.4 is 0 Å². The number of rotatable bonds is 4. The van der Waals surface area contributed by atoms with E-state index < -0.39 is 0 Å². The van der Waals surface area contributed by atoms with Crippen molar-refractivity contribution in [3.8, 4) is 0 Å². The van der Waals surface area contributed by atoms with Crippen LogP contribution in [0.4, 0.5) is 0 Å². The van der Waals surface area contributed by atoms with Crippen LogP contribution in [0.25, 0.3) is 0 Å². The quantitative estimate of drug-likeness (QED) is 0.754. The molecule has 0 aromatic heterocycles. The van der Waals surface area contributed by atoms with Crippen LogP contribution >= 0.6 is 12.6 Å². The van der Waals surface area contributed by atoms with Gasteiger partial charge in [-0.25, -0.2) is 0 Å². The smallest absolute Gasteiger partial charge is 0.0113 e. The van der Waals surface area contributed by atoms with Gasteiger partial charge in [-0.05, 0) is 64.0 Å². The SMILES string of the molecule is CN(C)C1CCN(CC2(CS)CCC2)CC1. The molecule has 0 aromatic carbocycles. The zero-order chi connectivity index (χ0) is 11.6. The molecule has 0 atom stereocenters. The van der Waals surface area contributed by atoms with Gasteiger partial charge in [-0.1, -0.05) is 6.42 Å². The molecule has 1 saturated heterocycles. The molecule has 0 amide bonds. The summed E-state index contributed by atoms with van der Waals surface area (Å²) in [5.74, 6) is 1.08. The third-order valence-corrected chi connectivity index (χ3v) is 5.27. The van der Waals surface area contributed by atoms with Crippen LogP contribution in [0.3, 0.4) is 0 Å². The Kier molecular flexibility index (Phi) is 4.20. The number of thiol groups is 1. The molecule has 3 heteroatoms. The van der Waals surface area contributed by atoms with Gasteiger partial charge in [0, 0.05) is 12.6 Å². The van der Waals surface area contributed by atoms with Gasteiger partial charge in [-0.15, -0.1) is 0 Å². The summed E-state index contributed by atoms with van der Waals surface area (Å²) in [5, 5.41) is 0. The van der Waals surface area contributed by atoms with Crippen LogP contribution in [0.2, 0.25) is 0 Å². The van der Waals surface area contributed by atoms with Crippen LogP contribution in [-0.4, -0.2) is 55.3 Å². The van der Waals surface area contributed by atoms with E-state index in [-0.39, 0.29) is 0 Å². The first-order chi connectivity index (χ1) is 7.65. The average Bonchev–Trinajstić information content (AvgIpc) is 2.24. The van der Waals surface area contributed by atoms with Crippen molar-refractivity contribution in [1.82, 2.24) is 9.80 Å². The molecule has 1 aliphatic carbocycles. The lowest BCUT2D eigenvalue weighted by atomic mass is 9.69. The molecule has 0 bridgehead atoms. The van der Waals surface area contributed by atoms with Crippen molar-refractivity contribution in [3.63, 3.8) is 0 Å². The third-order valence-electron chi connectivity index (χ3n) is 4.60. The van der Waals surface area contributed by atoms with Crippen LogP contribution in [0.5, 0.6) is 0 Å². The van der Waals surface area contributed by atoms with Crippen molar-refractivity contribution < 1.29 is 0 Å². The Bertz CT molecular complexity index is 212. The molecule has 0 N–H and O–H groups in total. The first kappa shape index (κ1) is 12.7. The Morgan fingerprint density at radius 1 is 1.25 bits per heavy atom. The zero-order valence-electron chi connectivity index (χ0n) is 10.8. The van der Waals surface area contributed by atoms with E-state index in [2.05, 4.69) is 36.5 Å². The van der Waals surface area contributed by atoms with Gasteiger partial charge in [-0.2, -0.15) is 12.6 Å². The number of likely N-dealkylation sites (tertiary alicyclic amines) is 1. The van der Waals surface area contributed by atoms with Gasteiger partial charge in [0.15, 0.2) is 0 Å². The predicted molar refractivity (Wildman–Crippen MR) is 73.3 cm³/mol. The highest BCUT2D eigenvalue weighted by Gasteiger charge is 2.37. The van der Waals surface area contributed by atoms with Crippen LogP contribution in [0.15, 0.2) is 0 Å². The van der Waals surface area contributed by atoms with Crippen LogP contribution in [-0.2, 0) is 0 Å². The first-order valence-electron chi connectivity index (χ1n) is 6.65. The topological polar surface area (TPSA) is 6.48 Å². The van der Waals surface area contributed by atoms with E-state index in [1.807, 2.05) is 0 Å². The molecule has 1 heterocycles. The number of hydrogen-bond acceptors (Lipinski definition) is 3. The Balaban J connectivity index is 1.76. The van der Waals surface area contributed by atoms with E-state index >= 15 is 0 Å². The highest BCUT2D eigenvalue weighted by Crippen LogP contribution is 2.42. The monoisotopic (exact) mass is 242 g/mol. The normalized spacial score (nSPS) is 27.0. The number of nitrogens with zero attached hydrogens (tertiary/aromatic N) is 2. The van der Waals surface area contributed by atoms with E-state index in [9.17, 15) is 0 Å². The molecule has 0 aromatic rings. The minimum Gasteiger partial charge on any atom is -0.306 e. The van der Waals surface area contributed by atoms with Gasteiger partial charge >= 0.3 is 0 Å². The van der Waals surface area contributed by atoms with Crippen LogP contribution in [0.1, 0.15) is 32.1 Å². The molecular weight excluding hydrogens is 216 g/mol. The van der Waals surface area contributed by atoms with E-state index in [0.717, 1.165) is 11.8 Å². The van der Waals surface area contributed by atoms with Gasteiger partial charge in [0.05, 0.1) is 0 Å². The molecule has 0 spiro atoms. The minimum absolute atomic E-state index is 0.577. The highest BCUT2D eigenvalue weighted by molar-refractivity contribution is 7.80. The molecule has 94 valence electrons. The molecule has 1 saturated carbocycles. The lowest BCUT2D eigenvalue weighted by molar-refractivity contribution is 0.0604. The standard InChI is InChI=1S/C13H26N2S/c1-14(2)12-4-8-15(9-5-12)10-13(11-16)6-3-7-13/h12,16H,3-11H2,1-2H3. The Morgan fingerprint density at radius 3 is 2.25 bits per heavy atom. The predicted octanol–water partition coefficient (Wildman–Crippen LogP) is 2.11. The van der Waals surface area contributed by atoms with E-state index in [4.69, 9.17) is 0 Å². The van der Waals surface area contributed by atoms with E-state index in [1.54, 1.807) is 0 Å². The van der Waals surface area contributed by atoms with Gasteiger partial charge in [0.1, 0.15) is 0 Å². The maximum absolute atomic E-state index is 4.55. The molecule has 2 rings (SSSR count). The van der Waals surface area contributed by atoms with E-state index in [1.165, 1.54) is 51.7 Å². The van der Waals surface area contributed by atoms with Crippen molar-refractivity contribution in [1.29, 1.82) is 0 Å². The average molecular weight is 242 g/mol. The summed E-state index contributed by atoms with van der Waals surface area (Å²) < 4.78 is 0. The first-order valence-corrected chi connectivity index (χ1v) is 7.28. The number of hydrogen-bond donors (Lipinski definition) is 1.